The topological polar surface area (TPSA) is 81.4 Å². The fourth-order valence-electron chi connectivity index (χ4n) is 2.53. The van der Waals surface area contributed by atoms with E-state index in [1.54, 1.807) is 18.2 Å². The molecule has 0 aliphatic heterocycles. The molecule has 0 bridgehead atoms. The summed E-state index contributed by atoms with van der Waals surface area (Å²) in [6, 6.07) is 19.1. The average molecular weight is 437 g/mol. The SMILES string of the molecule is NS(=O)(=O)c1ccc(NCc2cc(Cl)ccc2OCc2ccc(Cl)cc2)cc1. The Kier molecular flexibility index (Phi) is 6.46. The number of sulfonamides is 1. The monoisotopic (exact) mass is 436 g/mol. The van der Waals surface area contributed by atoms with E-state index in [1.807, 2.05) is 36.4 Å². The second-order valence-electron chi connectivity index (χ2n) is 6.09. The van der Waals surface area contributed by atoms with Crippen molar-refractivity contribution < 1.29 is 13.2 Å². The Morgan fingerprint density at radius 1 is 0.893 bits per heavy atom. The molecule has 0 radical (unpaired) electrons. The van der Waals surface area contributed by atoms with Gasteiger partial charge in [-0.2, -0.15) is 0 Å². The Morgan fingerprint density at radius 2 is 1.54 bits per heavy atom. The number of primary sulfonamides is 1. The number of benzene rings is 3. The number of nitrogens with two attached hydrogens (primary N) is 1. The highest BCUT2D eigenvalue weighted by molar-refractivity contribution is 7.89. The molecule has 3 aromatic rings. The van der Waals surface area contributed by atoms with Crippen molar-refractivity contribution in [2.24, 2.45) is 5.14 Å². The van der Waals surface area contributed by atoms with Crippen LogP contribution in [0.1, 0.15) is 11.1 Å². The predicted octanol–water partition coefficient (Wildman–Crippen LogP) is 4.83. The zero-order chi connectivity index (χ0) is 20.1. The lowest BCUT2D eigenvalue weighted by atomic mass is 10.2. The van der Waals surface area contributed by atoms with Crippen molar-refractivity contribution in [1.29, 1.82) is 0 Å². The Bertz CT molecular complexity index is 1050. The molecule has 0 aliphatic carbocycles. The van der Waals surface area contributed by atoms with Crippen LogP contribution in [-0.2, 0) is 23.2 Å². The molecular weight excluding hydrogens is 419 g/mol. The lowest BCUT2D eigenvalue weighted by Gasteiger charge is -2.14. The number of nitrogens with one attached hydrogen (secondary N) is 1. The lowest BCUT2D eigenvalue weighted by Crippen LogP contribution is -2.12. The molecule has 3 N–H and O–H groups in total. The molecule has 28 heavy (non-hydrogen) atoms. The van der Waals surface area contributed by atoms with Crippen LogP contribution in [0.25, 0.3) is 0 Å². The summed E-state index contributed by atoms with van der Waals surface area (Å²) in [6.45, 7) is 0.847. The maximum Gasteiger partial charge on any atom is 0.238 e. The third kappa shape index (κ3) is 5.62. The van der Waals surface area contributed by atoms with Crippen LogP contribution < -0.4 is 15.2 Å². The Labute approximate surface area is 174 Å². The molecule has 0 amide bonds. The largest absolute Gasteiger partial charge is 0.489 e. The molecule has 0 saturated carbocycles. The first-order chi connectivity index (χ1) is 13.3. The van der Waals surface area contributed by atoms with Gasteiger partial charge in [0.2, 0.25) is 10.0 Å². The molecule has 0 saturated heterocycles. The van der Waals surface area contributed by atoms with Crippen LogP contribution in [0.15, 0.2) is 71.6 Å². The van der Waals surface area contributed by atoms with E-state index in [-0.39, 0.29) is 4.90 Å². The minimum atomic E-state index is -3.71. The van der Waals surface area contributed by atoms with Gasteiger partial charge in [-0.25, -0.2) is 13.6 Å². The summed E-state index contributed by atoms with van der Waals surface area (Å²) >= 11 is 12.0. The van der Waals surface area contributed by atoms with Gasteiger partial charge in [-0.15, -0.1) is 0 Å². The summed E-state index contributed by atoms with van der Waals surface area (Å²) in [5.74, 6) is 0.702. The summed E-state index contributed by atoms with van der Waals surface area (Å²) in [5.41, 5.74) is 2.62. The van der Waals surface area contributed by atoms with Crippen LogP contribution in [-0.4, -0.2) is 8.42 Å². The highest BCUT2D eigenvalue weighted by atomic mass is 35.5. The average Bonchev–Trinajstić information content (AvgIpc) is 2.66. The molecule has 0 unspecified atom stereocenters. The van der Waals surface area contributed by atoms with Crippen LogP contribution in [0.5, 0.6) is 5.75 Å². The van der Waals surface area contributed by atoms with E-state index >= 15 is 0 Å². The normalized spacial score (nSPS) is 11.2. The summed E-state index contributed by atoms with van der Waals surface area (Å²) in [5, 5.41) is 9.60. The van der Waals surface area contributed by atoms with Gasteiger partial charge < -0.3 is 10.1 Å². The van der Waals surface area contributed by atoms with E-state index in [2.05, 4.69) is 5.32 Å². The van der Waals surface area contributed by atoms with Crippen LogP contribution in [0.4, 0.5) is 5.69 Å². The molecule has 0 aromatic heterocycles. The predicted molar refractivity (Wildman–Crippen MR) is 112 cm³/mol. The number of rotatable bonds is 7. The van der Waals surface area contributed by atoms with Crippen molar-refractivity contribution in [3.8, 4) is 5.75 Å². The maximum atomic E-state index is 11.3. The van der Waals surface area contributed by atoms with Gasteiger partial charge in [-0.1, -0.05) is 35.3 Å². The zero-order valence-corrected chi connectivity index (χ0v) is 17.1. The molecule has 0 fully saturated rings. The second kappa shape index (κ2) is 8.84. The molecule has 8 heteroatoms. The molecule has 0 spiro atoms. The highest BCUT2D eigenvalue weighted by Crippen LogP contribution is 2.25. The van der Waals surface area contributed by atoms with Crippen molar-refractivity contribution in [1.82, 2.24) is 0 Å². The number of halogens is 2. The summed E-state index contributed by atoms with van der Waals surface area (Å²) in [7, 11) is -3.71. The quantitative estimate of drug-likeness (QED) is 0.555. The first-order valence-corrected chi connectivity index (χ1v) is 10.6. The van der Waals surface area contributed by atoms with E-state index in [4.69, 9.17) is 33.1 Å². The number of hydrogen-bond acceptors (Lipinski definition) is 4. The maximum absolute atomic E-state index is 11.3. The van der Waals surface area contributed by atoms with Gasteiger partial charge in [0, 0.05) is 27.8 Å². The summed E-state index contributed by atoms with van der Waals surface area (Å²) < 4.78 is 28.6. The first-order valence-electron chi connectivity index (χ1n) is 8.34. The molecule has 0 atom stereocenters. The van der Waals surface area contributed by atoms with Crippen LogP contribution >= 0.6 is 23.2 Å². The molecular formula is C20H18Cl2N2O3S. The van der Waals surface area contributed by atoms with Crippen LogP contribution in [0.3, 0.4) is 0 Å². The highest BCUT2D eigenvalue weighted by Gasteiger charge is 2.08. The lowest BCUT2D eigenvalue weighted by molar-refractivity contribution is 0.303. The van der Waals surface area contributed by atoms with Gasteiger partial charge in [-0.3, -0.25) is 0 Å². The summed E-state index contributed by atoms with van der Waals surface area (Å²) in [6.07, 6.45) is 0. The molecule has 0 heterocycles. The Balaban J connectivity index is 1.69. The smallest absolute Gasteiger partial charge is 0.238 e. The van der Waals surface area contributed by atoms with Gasteiger partial charge in [0.25, 0.3) is 0 Å². The van der Waals surface area contributed by atoms with E-state index in [0.717, 1.165) is 16.8 Å². The second-order valence-corrected chi connectivity index (χ2v) is 8.52. The van der Waals surface area contributed by atoms with E-state index in [1.165, 1.54) is 12.1 Å². The molecule has 3 aromatic carbocycles. The van der Waals surface area contributed by atoms with Crippen molar-refractivity contribution in [3.05, 3.63) is 87.9 Å². The molecule has 5 nitrogen and oxygen atoms in total. The molecule has 0 aliphatic rings. The first kappa shape index (κ1) is 20.5. The van der Waals surface area contributed by atoms with Gasteiger partial charge in [-0.05, 0) is 60.2 Å². The zero-order valence-electron chi connectivity index (χ0n) is 14.7. The molecule has 3 rings (SSSR count). The van der Waals surface area contributed by atoms with Crippen LogP contribution in [0.2, 0.25) is 10.0 Å². The minimum absolute atomic E-state index is 0.0628. The fourth-order valence-corrected chi connectivity index (χ4v) is 3.36. The van der Waals surface area contributed by atoms with E-state index in [0.29, 0.717) is 28.9 Å². The van der Waals surface area contributed by atoms with E-state index < -0.39 is 10.0 Å². The molecule has 146 valence electrons. The third-order valence-corrected chi connectivity index (χ3v) is 5.41. The Morgan fingerprint density at radius 3 is 2.18 bits per heavy atom. The Hall–Kier alpha value is -2.25. The van der Waals surface area contributed by atoms with Crippen molar-refractivity contribution in [3.63, 3.8) is 0 Å². The number of hydrogen-bond donors (Lipinski definition) is 2. The standard InChI is InChI=1S/C20H18Cl2N2O3S/c21-16-3-1-14(2-4-16)13-27-20-10-5-17(22)11-15(20)12-24-18-6-8-19(9-7-18)28(23,25)26/h1-11,24H,12-13H2,(H2,23,25,26). The minimum Gasteiger partial charge on any atom is -0.489 e. The third-order valence-electron chi connectivity index (χ3n) is 4.00. The van der Waals surface area contributed by atoms with Crippen molar-refractivity contribution in [2.45, 2.75) is 18.0 Å². The van der Waals surface area contributed by atoms with Gasteiger partial charge in [0.05, 0.1) is 4.90 Å². The fraction of sp³-hybridized carbons (Fsp3) is 0.100. The van der Waals surface area contributed by atoms with Crippen LogP contribution in [0, 0.1) is 0 Å². The number of ether oxygens (including phenoxy) is 1. The van der Waals surface area contributed by atoms with Gasteiger partial charge in [0.15, 0.2) is 0 Å². The van der Waals surface area contributed by atoms with Crippen molar-refractivity contribution in [2.75, 3.05) is 5.32 Å². The van der Waals surface area contributed by atoms with Gasteiger partial charge in [0.1, 0.15) is 12.4 Å². The van der Waals surface area contributed by atoms with Crippen molar-refractivity contribution >= 4 is 38.9 Å². The summed E-state index contributed by atoms with van der Waals surface area (Å²) in [4.78, 5) is 0.0628. The van der Waals surface area contributed by atoms with E-state index in [9.17, 15) is 8.42 Å². The van der Waals surface area contributed by atoms with Gasteiger partial charge >= 0.3 is 0 Å². The number of anilines is 1.